The molecule has 4 aromatic rings. The molecular formula is C25H21NO5S2. The number of allylic oxidation sites excluding steroid dienone is 1. The molecule has 0 aliphatic heterocycles. The van der Waals surface area contributed by atoms with E-state index in [1.54, 1.807) is 37.7 Å². The van der Waals surface area contributed by atoms with Crippen molar-refractivity contribution in [1.29, 1.82) is 0 Å². The number of nitrogens with two attached hydrogens (primary N) is 1. The molecule has 0 saturated carbocycles. The van der Waals surface area contributed by atoms with Gasteiger partial charge in [-0.1, -0.05) is 18.2 Å². The fraction of sp³-hybridized carbons (Fsp3) is 0.0800. The van der Waals surface area contributed by atoms with Crippen molar-refractivity contribution in [3.05, 3.63) is 83.9 Å². The Morgan fingerprint density at radius 3 is 2.27 bits per heavy atom. The molecule has 168 valence electrons. The van der Waals surface area contributed by atoms with Crippen LogP contribution in [0, 0.1) is 0 Å². The molecule has 0 saturated heterocycles. The molecule has 0 aliphatic carbocycles. The van der Waals surface area contributed by atoms with E-state index in [9.17, 15) is 13.2 Å². The van der Waals surface area contributed by atoms with E-state index < -0.39 is 10.0 Å². The van der Waals surface area contributed by atoms with Gasteiger partial charge >= 0.3 is 0 Å². The summed E-state index contributed by atoms with van der Waals surface area (Å²) in [6, 6.07) is 19.4. The summed E-state index contributed by atoms with van der Waals surface area (Å²) >= 11 is 1.66. The lowest BCUT2D eigenvalue weighted by Crippen LogP contribution is -2.12. The molecule has 0 radical (unpaired) electrons. The molecule has 4 rings (SSSR count). The van der Waals surface area contributed by atoms with Crippen LogP contribution in [-0.2, 0) is 10.0 Å². The van der Waals surface area contributed by atoms with Gasteiger partial charge in [0.1, 0.15) is 11.5 Å². The standard InChI is InChI=1S/C25H21NO5S2/c1-30-22-15-23(31-2)20(25-14-18-5-3-4-6-24(18)32-25)13-17(22)9-12-21(27)16-7-10-19(11-8-16)33(26,28)29/h3-15H,1-2H3,(H2,26,28,29). The van der Waals surface area contributed by atoms with Crippen LogP contribution in [0.2, 0.25) is 0 Å². The van der Waals surface area contributed by atoms with Crippen LogP contribution >= 0.6 is 11.3 Å². The van der Waals surface area contributed by atoms with Crippen molar-refractivity contribution in [2.75, 3.05) is 14.2 Å². The number of primary sulfonamides is 1. The average molecular weight is 480 g/mol. The minimum Gasteiger partial charge on any atom is -0.496 e. The molecule has 8 heteroatoms. The Balaban J connectivity index is 1.70. The van der Waals surface area contributed by atoms with Crippen molar-refractivity contribution in [3.63, 3.8) is 0 Å². The first-order chi connectivity index (χ1) is 15.8. The van der Waals surface area contributed by atoms with Crippen LogP contribution < -0.4 is 14.6 Å². The molecule has 33 heavy (non-hydrogen) atoms. The van der Waals surface area contributed by atoms with Gasteiger partial charge in [0.15, 0.2) is 5.78 Å². The highest BCUT2D eigenvalue weighted by Gasteiger charge is 2.15. The smallest absolute Gasteiger partial charge is 0.238 e. The zero-order valence-corrected chi connectivity index (χ0v) is 19.6. The second-order valence-electron chi connectivity index (χ2n) is 7.21. The summed E-state index contributed by atoms with van der Waals surface area (Å²) in [6.07, 6.45) is 3.09. The second kappa shape index (κ2) is 9.19. The fourth-order valence-electron chi connectivity index (χ4n) is 3.43. The van der Waals surface area contributed by atoms with Gasteiger partial charge in [0.05, 0.1) is 19.1 Å². The van der Waals surface area contributed by atoms with Gasteiger partial charge in [0, 0.05) is 32.3 Å². The molecule has 0 atom stereocenters. The molecule has 1 heterocycles. The number of sulfonamides is 1. The van der Waals surface area contributed by atoms with Gasteiger partial charge in [-0.2, -0.15) is 0 Å². The molecule has 6 nitrogen and oxygen atoms in total. The summed E-state index contributed by atoms with van der Waals surface area (Å²) in [6.45, 7) is 0. The monoisotopic (exact) mass is 479 g/mol. The Morgan fingerprint density at radius 1 is 0.939 bits per heavy atom. The van der Waals surface area contributed by atoms with E-state index >= 15 is 0 Å². The van der Waals surface area contributed by atoms with Crippen LogP contribution in [0.3, 0.4) is 0 Å². The van der Waals surface area contributed by atoms with Gasteiger partial charge < -0.3 is 9.47 Å². The predicted octanol–water partition coefficient (Wildman–Crippen LogP) is 5.13. The maximum Gasteiger partial charge on any atom is 0.238 e. The first-order valence-corrected chi connectivity index (χ1v) is 12.3. The largest absolute Gasteiger partial charge is 0.496 e. The van der Waals surface area contributed by atoms with Crippen LogP contribution in [-0.4, -0.2) is 28.4 Å². The molecule has 0 fully saturated rings. The number of methoxy groups -OCH3 is 2. The topological polar surface area (TPSA) is 95.7 Å². The van der Waals surface area contributed by atoms with Gasteiger partial charge in [-0.05, 0) is 60.0 Å². The first kappa shape index (κ1) is 22.7. The molecular weight excluding hydrogens is 458 g/mol. The van der Waals surface area contributed by atoms with Gasteiger partial charge in [-0.15, -0.1) is 11.3 Å². The second-order valence-corrected chi connectivity index (χ2v) is 9.86. The van der Waals surface area contributed by atoms with E-state index in [-0.39, 0.29) is 10.7 Å². The van der Waals surface area contributed by atoms with Crippen molar-refractivity contribution in [2.45, 2.75) is 4.90 Å². The summed E-state index contributed by atoms with van der Waals surface area (Å²) in [5, 5.41) is 6.25. The van der Waals surface area contributed by atoms with Crippen LogP contribution in [0.15, 0.2) is 77.7 Å². The molecule has 0 spiro atoms. The lowest BCUT2D eigenvalue weighted by Gasteiger charge is -2.12. The summed E-state index contributed by atoms with van der Waals surface area (Å²) in [5.74, 6) is 0.947. The number of carbonyl (C=O) groups excluding carboxylic acids is 1. The zero-order chi connectivity index (χ0) is 23.6. The number of rotatable bonds is 7. The van der Waals surface area contributed by atoms with Crippen LogP contribution in [0.5, 0.6) is 11.5 Å². The van der Waals surface area contributed by atoms with Gasteiger partial charge in [-0.3, -0.25) is 4.79 Å². The maximum atomic E-state index is 12.6. The highest BCUT2D eigenvalue weighted by atomic mass is 32.2. The lowest BCUT2D eigenvalue weighted by atomic mass is 10.0. The lowest BCUT2D eigenvalue weighted by molar-refractivity contribution is 0.104. The van der Waals surface area contributed by atoms with Crippen molar-refractivity contribution >= 4 is 43.3 Å². The molecule has 2 N–H and O–H groups in total. The molecule has 0 unspecified atom stereocenters. The van der Waals surface area contributed by atoms with Crippen LogP contribution in [0.4, 0.5) is 0 Å². The predicted molar refractivity (Wildman–Crippen MR) is 132 cm³/mol. The number of ketones is 1. The zero-order valence-electron chi connectivity index (χ0n) is 17.9. The first-order valence-electron chi connectivity index (χ1n) is 9.90. The quantitative estimate of drug-likeness (QED) is 0.293. The SMILES string of the molecule is COc1cc(OC)c(-c2cc3ccccc3s2)cc1C=CC(=O)c1ccc(S(N)(=O)=O)cc1. The number of ether oxygens (including phenoxy) is 2. The van der Waals surface area contributed by atoms with E-state index in [0.29, 0.717) is 22.6 Å². The van der Waals surface area contributed by atoms with Crippen molar-refractivity contribution in [2.24, 2.45) is 5.14 Å². The summed E-state index contributed by atoms with van der Waals surface area (Å²) in [7, 11) is -0.652. The Morgan fingerprint density at radius 2 is 1.64 bits per heavy atom. The van der Waals surface area contributed by atoms with Crippen LogP contribution in [0.25, 0.3) is 26.6 Å². The van der Waals surface area contributed by atoms with Crippen molar-refractivity contribution in [3.8, 4) is 21.9 Å². The minimum atomic E-state index is -3.81. The Bertz CT molecular complexity index is 1440. The van der Waals surface area contributed by atoms with Crippen molar-refractivity contribution < 1.29 is 22.7 Å². The summed E-state index contributed by atoms with van der Waals surface area (Å²) in [5.41, 5.74) is 1.94. The van der Waals surface area contributed by atoms with Gasteiger partial charge in [0.2, 0.25) is 10.0 Å². The molecule has 0 amide bonds. The van der Waals surface area contributed by atoms with E-state index in [0.717, 1.165) is 15.8 Å². The molecule has 1 aromatic heterocycles. The van der Waals surface area contributed by atoms with E-state index in [1.165, 1.54) is 35.0 Å². The molecule has 0 aliphatic rings. The molecule has 0 bridgehead atoms. The van der Waals surface area contributed by atoms with E-state index in [4.69, 9.17) is 14.6 Å². The van der Waals surface area contributed by atoms with E-state index in [2.05, 4.69) is 18.2 Å². The average Bonchev–Trinajstić information content (AvgIpc) is 3.25. The highest BCUT2D eigenvalue weighted by Crippen LogP contribution is 2.41. The number of hydrogen-bond donors (Lipinski definition) is 1. The van der Waals surface area contributed by atoms with Crippen LogP contribution in [0.1, 0.15) is 15.9 Å². The number of thiophene rings is 1. The normalized spacial score (nSPS) is 11.7. The Kier molecular flexibility index (Phi) is 6.33. The van der Waals surface area contributed by atoms with Gasteiger partial charge in [-0.25, -0.2) is 13.6 Å². The van der Waals surface area contributed by atoms with Crippen molar-refractivity contribution in [1.82, 2.24) is 0 Å². The summed E-state index contributed by atoms with van der Waals surface area (Å²) < 4.78 is 35.1. The highest BCUT2D eigenvalue weighted by molar-refractivity contribution is 7.89. The number of benzene rings is 3. The Labute approximate surface area is 195 Å². The Hall–Kier alpha value is -3.46. The number of fused-ring (bicyclic) bond motifs is 1. The maximum absolute atomic E-state index is 12.6. The third kappa shape index (κ3) is 4.83. The molecule has 3 aromatic carbocycles. The number of hydrogen-bond acceptors (Lipinski definition) is 6. The fourth-order valence-corrected chi connectivity index (χ4v) is 5.03. The van der Waals surface area contributed by atoms with Gasteiger partial charge in [0.25, 0.3) is 0 Å². The summed E-state index contributed by atoms with van der Waals surface area (Å²) in [4.78, 5) is 13.6. The third-order valence-electron chi connectivity index (χ3n) is 5.12. The third-order valence-corrected chi connectivity index (χ3v) is 7.20. The van der Waals surface area contributed by atoms with E-state index in [1.807, 2.05) is 18.2 Å². The minimum absolute atomic E-state index is 0.0483. The number of carbonyl (C=O) groups is 1.